The lowest BCUT2D eigenvalue weighted by Crippen LogP contribution is -2.42. The van der Waals surface area contributed by atoms with Gasteiger partial charge >= 0.3 is 0 Å². The van der Waals surface area contributed by atoms with Gasteiger partial charge in [0.25, 0.3) is 0 Å². The summed E-state index contributed by atoms with van der Waals surface area (Å²) in [6.45, 7) is 5.92. The zero-order valence-corrected chi connectivity index (χ0v) is 9.29. The summed E-state index contributed by atoms with van der Waals surface area (Å²) in [5.41, 5.74) is 0.0834. The summed E-state index contributed by atoms with van der Waals surface area (Å²) in [6, 6.07) is 0. The van der Waals surface area contributed by atoms with Crippen molar-refractivity contribution in [1.82, 2.24) is 4.90 Å². The minimum atomic E-state index is -0.629. The fourth-order valence-electron chi connectivity index (χ4n) is 3.17. The first-order valence-corrected chi connectivity index (χ1v) is 5.50. The highest BCUT2D eigenvalue weighted by Gasteiger charge is 2.53. The Balaban J connectivity index is 2.17. The number of ether oxygens (including phenoxy) is 1. The quantitative estimate of drug-likeness (QED) is 0.676. The third-order valence-corrected chi connectivity index (χ3v) is 4.04. The number of fused-ring (bicyclic) bond motifs is 1. The van der Waals surface area contributed by atoms with E-state index >= 15 is 0 Å². The minimum absolute atomic E-state index is 0.0834. The van der Waals surface area contributed by atoms with Gasteiger partial charge in [-0.3, -0.25) is 4.90 Å². The molecule has 2 rings (SSSR count). The van der Waals surface area contributed by atoms with E-state index in [1.54, 1.807) is 7.11 Å². The molecule has 0 aromatic heterocycles. The fourth-order valence-corrected chi connectivity index (χ4v) is 3.17. The number of hydrogen-bond donors (Lipinski definition) is 0. The van der Waals surface area contributed by atoms with Crippen LogP contribution in [0, 0.1) is 5.92 Å². The van der Waals surface area contributed by atoms with E-state index in [1.165, 1.54) is 0 Å². The third-order valence-electron chi connectivity index (χ3n) is 4.04. The number of nitrogens with zero attached hydrogens (tertiary/aromatic N) is 1. The van der Waals surface area contributed by atoms with Crippen LogP contribution in [0.2, 0.25) is 0 Å². The average Bonchev–Trinajstić information content (AvgIpc) is 2.57. The molecule has 3 heteroatoms. The Labute approximate surface area is 85.4 Å². The summed E-state index contributed by atoms with van der Waals surface area (Å²) >= 11 is 0. The maximum Gasteiger partial charge on any atom is 0.115 e. The van der Waals surface area contributed by atoms with Crippen molar-refractivity contribution >= 4 is 0 Å². The number of hydrogen-bond acceptors (Lipinski definition) is 2. The van der Waals surface area contributed by atoms with Crippen LogP contribution >= 0.6 is 0 Å². The van der Waals surface area contributed by atoms with Crippen LogP contribution in [-0.2, 0) is 4.74 Å². The number of methoxy groups -OCH3 is 1. The number of halogens is 1. The van der Waals surface area contributed by atoms with Crippen LogP contribution in [0.25, 0.3) is 0 Å². The minimum Gasteiger partial charge on any atom is -0.380 e. The smallest absolute Gasteiger partial charge is 0.115 e. The second kappa shape index (κ2) is 3.46. The standard InChI is InChI=1S/C11H20FNO/c1-8(2)11-4-9(12)6-13(11)7-10(5-11)14-3/h8-10H,4-7H2,1-3H3/t9-,10-,11-/m1/s1. The van der Waals surface area contributed by atoms with Gasteiger partial charge in [0, 0.05) is 25.7 Å². The lowest BCUT2D eigenvalue weighted by atomic mass is 9.82. The maximum atomic E-state index is 13.4. The zero-order valence-electron chi connectivity index (χ0n) is 9.29. The molecule has 0 N–H and O–H groups in total. The van der Waals surface area contributed by atoms with Crippen LogP contribution in [0.1, 0.15) is 26.7 Å². The largest absolute Gasteiger partial charge is 0.380 e. The van der Waals surface area contributed by atoms with Gasteiger partial charge in [0.2, 0.25) is 0 Å². The van der Waals surface area contributed by atoms with E-state index in [1.807, 2.05) is 0 Å². The zero-order chi connectivity index (χ0) is 10.3. The monoisotopic (exact) mass is 201 g/mol. The molecule has 2 fully saturated rings. The first kappa shape index (κ1) is 10.4. The van der Waals surface area contributed by atoms with E-state index in [2.05, 4.69) is 18.7 Å². The summed E-state index contributed by atoms with van der Waals surface area (Å²) in [7, 11) is 1.76. The highest BCUT2D eigenvalue weighted by molar-refractivity contribution is 5.08. The molecule has 0 radical (unpaired) electrons. The molecular formula is C11H20FNO. The van der Waals surface area contributed by atoms with Crippen LogP contribution in [0.15, 0.2) is 0 Å². The van der Waals surface area contributed by atoms with Gasteiger partial charge in [0.05, 0.1) is 6.10 Å². The van der Waals surface area contributed by atoms with E-state index in [0.29, 0.717) is 25.0 Å². The number of alkyl halides is 1. The molecule has 0 aliphatic carbocycles. The molecule has 3 atom stereocenters. The second-order valence-electron chi connectivity index (χ2n) is 5.03. The second-order valence-corrected chi connectivity index (χ2v) is 5.03. The Bertz CT molecular complexity index is 221. The Hall–Kier alpha value is -0.150. The summed E-state index contributed by atoms with van der Waals surface area (Å²) < 4.78 is 18.8. The van der Waals surface area contributed by atoms with Crippen molar-refractivity contribution in [2.45, 2.75) is 44.5 Å². The van der Waals surface area contributed by atoms with Gasteiger partial charge in [-0.05, 0) is 18.8 Å². The molecular weight excluding hydrogens is 181 g/mol. The summed E-state index contributed by atoms with van der Waals surface area (Å²) in [4.78, 5) is 2.30. The molecule has 2 nitrogen and oxygen atoms in total. The molecule has 0 aromatic rings. The fraction of sp³-hybridized carbons (Fsp3) is 1.00. The van der Waals surface area contributed by atoms with E-state index in [-0.39, 0.29) is 5.54 Å². The van der Waals surface area contributed by atoms with Crippen LogP contribution in [0.5, 0.6) is 0 Å². The van der Waals surface area contributed by atoms with Gasteiger partial charge in [0.1, 0.15) is 6.17 Å². The highest BCUT2D eigenvalue weighted by atomic mass is 19.1. The van der Waals surface area contributed by atoms with Crippen molar-refractivity contribution in [2.24, 2.45) is 5.92 Å². The van der Waals surface area contributed by atoms with Crippen LogP contribution in [0.4, 0.5) is 4.39 Å². The van der Waals surface area contributed by atoms with Crippen LogP contribution in [0.3, 0.4) is 0 Å². The SMILES string of the molecule is CO[C@H]1CN2C[C@H](F)C[C@]2(C(C)C)C1. The first-order chi connectivity index (χ1) is 6.58. The van der Waals surface area contributed by atoms with Crippen molar-refractivity contribution in [3.05, 3.63) is 0 Å². The maximum absolute atomic E-state index is 13.4. The number of rotatable bonds is 2. The Morgan fingerprint density at radius 1 is 1.36 bits per heavy atom. The van der Waals surface area contributed by atoms with Crippen molar-refractivity contribution < 1.29 is 9.13 Å². The highest BCUT2D eigenvalue weighted by Crippen LogP contribution is 2.45. The van der Waals surface area contributed by atoms with Crippen molar-refractivity contribution in [1.29, 1.82) is 0 Å². The molecule has 2 aliphatic rings. The van der Waals surface area contributed by atoms with Gasteiger partial charge < -0.3 is 4.74 Å². The van der Waals surface area contributed by atoms with E-state index in [0.717, 1.165) is 13.0 Å². The molecule has 0 spiro atoms. The molecule has 14 heavy (non-hydrogen) atoms. The lowest BCUT2D eigenvalue weighted by Gasteiger charge is -2.35. The third kappa shape index (κ3) is 1.38. The Morgan fingerprint density at radius 2 is 2.07 bits per heavy atom. The molecule has 0 bridgehead atoms. The van der Waals surface area contributed by atoms with Crippen molar-refractivity contribution in [3.8, 4) is 0 Å². The van der Waals surface area contributed by atoms with Crippen LogP contribution < -0.4 is 0 Å². The summed E-state index contributed by atoms with van der Waals surface area (Å²) in [6.07, 6.45) is 1.38. The van der Waals surface area contributed by atoms with Gasteiger partial charge in [-0.2, -0.15) is 0 Å². The van der Waals surface area contributed by atoms with E-state index in [9.17, 15) is 4.39 Å². The normalized spacial score (nSPS) is 43.5. The van der Waals surface area contributed by atoms with Crippen LogP contribution in [-0.4, -0.2) is 42.9 Å². The van der Waals surface area contributed by atoms with Crippen molar-refractivity contribution in [3.63, 3.8) is 0 Å². The molecule has 0 unspecified atom stereocenters. The lowest BCUT2D eigenvalue weighted by molar-refractivity contribution is 0.102. The molecule has 0 amide bonds. The predicted molar refractivity (Wildman–Crippen MR) is 54.1 cm³/mol. The Morgan fingerprint density at radius 3 is 2.57 bits per heavy atom. The topological polar surface area (TPSA) is 12.5 Å². The average molecular weight is 201 g/mol. The summed E-state index contributed by atoms with van der Waals surface area (Å²) in [5, 5.41) is 0. The van der Waals surface area contributed by atoms with Gasteiger partial charge in [-0.15, -0.1) is 0 Å². The van der Waals surface area contributed by atoms with E-state index in [4.69, 9.17) is 4.74 Å². The molecule has 2 saturated heterocycles. The van der Waals surface area contributed by atoms with Crippen molar-refractivity contribution in [2.75, 3.05) is 20.2 Å². The molecule has 2 aliphatic heterocycles. The first-order valence-electron chi connectivity index (χ1n) is 5.50. The van der Waals surface area contributed by atoms with Gasteiger partial charge in [-0.25, -0.2) is 4.39 Å². The van der Waals surface area contributed by atoms with Gasteiger partial charge in [-0.1, -0.05) is 13.8 Å². The molecule has 0 saturated carbocycles. The van der Waals surface area contributed by atoms with E-state index < -0.39 is 6.17 Å². The molecule has 0 aromatic carbocycles. The predicted octanol–water partition coefficient (Wildman–Crippen LogP) is 1.84. The molecule has 82 valence electrons. The molecule has 2 heterocycles. The van der Waals surface area contributed by atoms with Gasteiger partial charge in [0.15, 0.2) is 0 Å². The summed E-state index contributed by atoms with van der Waals surface area (Å²) in [5.74, 6) is 0.517. The Kier molecular flexibility index (Phi) is 2.56.